The highest BCUT2D eigenvalue weighted by atomic mass is 35.5. The molecule has 0 aliphatic heterocycles. The molecule has 0 amide bonds. The molecule has 2 aromatic rings. The SMILES string of the molecule is COC(=O)[C@H]1CCCCC1Cc1nc(C2=CCc3ncc(Cl)cc32)ncc1F. The van der Waals surface area contributed by atoms with Gasteiger partial charge < -0.3 is 4.74 Å². The summed E-state index contributed by atoms with van der Waals surface area (Å²) in [5, 5.41) is 0.539. The summed E-state index contributed by atoms with van der Waals surface area (Å²) in [7, 11) is 1.40. The number of halogens is 2. The Morgan fingerprint density at radius 3 is 2.93 bits per heavy atom. The zero-order valence-electron chi connectivity index (χ0n) is 15.6. The van der Waals surface area contributed by atoms with Crippen molar-refractivity contribution in [2.45, 2.75) is 38.5 Å². The number of rotatable bonds is 4. The van der Waals surface area contributed by atoms with E-state index in [1.807, 2.05) is 12.1 Å². The highest BCUT2D eigenvalue weighted by molar-refractivity contribution is 6.30. The highest BCUT2D eigenvalue weighted by Crippen LogP contribution is 2.35. The fourth-order valence-electron chi connectivity index (χ4n) is 4.22. The molecule has 1 fully saturated rings. The first-order valence-corrected chi connectivity index (χ1v) is 9.89. The number of carbonyl (C=O) groups excluding carboxylic acids is 1. The molecule has 0 N–H and O–H groups in total. The predicted molar refractivity (Wildman–Crippen MR) is 103 cm³/mol. The maximum absolute atomic E-state index is 14.5. The second-order valence-corrected chi connectivity index (χ2v) is 7.77. The van der Waals surface area contributed by atoms with Crippen molar-refractivity contribution in [3.05, 3.63) is 58.2 Å². The van der Waals surface area contributed by atoms with Gasteiger partial charge >= 0.3 is 5.97 Å². The molecule has 5 nitrogen and oxygen atoms in total. The molecule has 0 bridgehead atoms. The summed E-state index contributed by atoms with van der Waals surface area (Å²) in [6, 6.07) is 1.84. The molecule has 0 radical (unpaired) electrons. The third-order valence-electron chi connectivity index (χ3n) is 5.65. The van der Waals surface area contributed by atoms with E-state index in [1.165, 1.54) is 13.3 Å². The van der Waals surface area contributed by atoms with Crippen molar-refractivity contribution in [3.8, 4) is 0 Å². The summed E-state index contributed by atoms with van der Waals surface area (Å²) in [5.74, 6) is -0.372. The van der Waals surface area contributed by atoms with E-state index in [2.05, 4.69) is 15.0 Å². The lowest BCUT2D eigenvalue weighted by molar-refractivity contribution is -0.148. The van der Waals surface area contributed by atoms with E-state index in [0.717, 1.165) is 42.5 Å². The molecule has 2 aromatic heterocycles. The average molecular weight is 402 g/mol. The number of methoxy groups -OCH3 is 1. The van der Waals surface area contributed by atoms with Crippen LogP contribution in [0.15, 0.2) is 24.5 Å². The molecular weight excluding hydrogens is 381 g/mol. The van der Waals surface area contributed by atoms with Crippen LogP contribution in [0.3, 0.4) is 0 Å². The first-order chi connectivity index (χ1) is 13.6. The van der Waals surface area contributed by atoms with Gasteiger partial charge in [-0.1, -0.05) is 30.5 Å². The lowest BCUT2D eigenvalue weighted by Crippen LogP contribution is -2.30. The molecule has 0 aromatic carbocycles. The number of esters is 1. The predicted octanol–water partition coefficient (Wildman–Crippen LogP) is 4.17. The molecule has 2 atom stereocenters. The molecule has 2 heterocycles. The number of hydrogen-bond donors (Lipinski definition) is 0. The highest BCUT2D eigenvalue weighted by Gasteiger charge is 2.33. The van der Waals surface area contributed by atoms with Gasteiger partial charge in [0.05, 0.1) is 35.6 Å². The Morgan fingerprint density at radius 1 is 1.29 bits per heavy atom. The van der Waals surface area contributed by atoms with Crippen molar-refractivity contribution in [1.82, 2.24) is 15.0 Å². The molecule has 1 saturated carbocycles. The van der Waals surface area contributed by atoms with E-state index in [4.69, 9.17) is 16.3 Å². The largest absolute Gasteiger partial charge is 0.469 e. The molecule has 4 rings (SSSR count). The van der Waals surface area contributed by atoms with E-state index in [9.17, 15) is 9.18 Å². The lowest BCUT2D eigenvalue weighted by atomic mass is 9.77. The molecule has 146 valence electrons. The molecule has 0 spiro atoms. The molecule has 1 unspecified atom stereocenters. The van der Waals surface area contributed by atoms with E-state index in [0.29, 0.717) is 29.4 Å². The Balaban J connectivity index is 1.62. The molecule has 28 heavy (non-hydrogen) atoms. The Bertz CT molecular complexity index is 947. The summed E-state index contributed by atoms with van der Waals surface area (Å²) in [4.78, 5) is 25.2. The third kappa shape index (κ3) is 3.65. The van der Waals surface area contributed by atoms with Gasteiger partial charge in [-0.2, -0.15) is 0 Å². The van der Waals surface area contributed by atoms with E-state index >= 15 is 0 Å². The Kier molecular flexibility index (Phi) is 5.40. The maximum atomic E-state index is 14.5. The van der Waals surface area contributed by atoms with Gasteiger partial charge in [-0.15, -0.1) is 0 Å². The summed E-state index contributed by atoms with van der Waals surface area (Å²) < 4.78 is 19.4. The van der Waals surface area contributed by atoms with Gasteiger partial charge in [-0.05, 0) is 31.2 Å². The first-order valence-electron chi connectivity index (χ1n) is 9.51. The second kappa shape index (κ2) is 7.95. The van der Waals surface area contributed by atoms with Crippen molar-refractivity contribution >= 4 is 23.1 Å². The number of carbonyl (C=O) groups is 1. The quantitative estimate of drug-likeness (QED) is 0.719. The maximum Gasteiger partial charge on any atom is 0.308 e. The first kappa shape index (κ1) is 19.0. The van der Waals surface area contributed by atoms with Crippen LogP contribution in [0.25, 0.3) is 5.57 Å². The minimum Gasteiger partial charge on any atom is -0.469 e. The normalized spacial score (nSPS) is 21.2. The number of fused-ring (bicyclic) bond motifs is 1. The molecular formula is C21H21ClFN3O2. The monoisotopic (exact) mass is 401 g/mol. The summed E-state index contributed by atoms with van der Waals surface area (Å²) in [6.45, 7) is 0. The van der Waals surface area contributed by atoms with Crippen molar-refractivity contribution in [2.24, 2.45) is 11.8 Å². The van der Waals surface area contributed by atoms with Gasteiger partial charge in [0, 0.05) is 23.8 Å². The van der Waals surface area contributed by atoms with E-state index < -0.39 is 5.82 Å². The fraction of sp³-hybridized carbons (Fsp3) is 0.429. The standard InChI is InChI=1S/C21H21ClFN3O2/c1-28-21(27)14-5-3-2-4-12(14)8-19-17(23)11-25-20(26-19)15-6-7-18-16(15)9-13(22)10-24-18/h6,9-12,14H,2-5,7-8H2,1H3/t12?,14-/m0/s1. The average Bonchev–Trinajstić information content (AvgIpc) is 3.12. The van der Waals surface area contributed by atoms with Crippen LogP contribution >= 0.6 is 11.6 Å². The minimum atomic E-state index is -0.444. The van der Waals surface area contributed by atoms with Crippen molar-refractivity contribution in [2.75, 3.05) is 7.11 Å². The zero-order chi connectivity index (χ0) is 19.7. The number of pyridine rings is 1. The minimum absolute atomic E-state index is 0.0272. The van der Waals surface area contributed by atoms with Gasteiger partial charge in [-0.3, -0.25) is 9.78 Å². The molecule has 2 aliphatic carbocycles. The van der Waals surface area contributed by atoms with Crippen LogP contribution in [0.4, 0.5) is 4.39 Å². The van der Waals surface area contributed by atoms with Crippen LogP contribution in [-0.4, -0.2) is 28.0 Å². The van der Waals surface area contributed by atoms with Crippen LogP contribution in [0.5, 0.6) is 0 Å². The number of allylic oxidation sites excluding steroid dienone is 1. The molecule has 2 aliphatic rings. The van der Waals surface area contributed by atoms with Gasteiger partial charge in [0.25, 0.3) is 0 Å². The number of nitrogens with zero attached hydrogens (tertiary/aromatic N) is 3. The molecule has 7 heteroatoms. The smallest absolute Gasteiger partial charge is 0.308 e. The second-order valence-electron chi connectivity index (χ2n) is 7.34. The topological polar surface area (TPSA) is 65.0 Å². The third-order valence-corrected chi connectivity index (χ3v) is 5.86. The van der Waals surface area contributed by atoms with Crippen LogP contribution in [0, 0.1) is 17.7 Å². The number of hydrogen-bond acceptors (Lipinski definition) is 5. The van der Waals surface area contributed by atoms with Gasteiger partial charge in [0.15, 0.2) is 11.6 Å². The van der Waals surface area contributed by atoms with Crippen molar-refractivity contribution in [1.29, 1.82) is 0 Å². The van der Waals surface area contributed by atoms with Crippen LogP contribution in [0.2, 0.25) is 5.02 Å². The Hall–Kier alpha value is -2.34. The number of aromatic nitrogens is 3. The summed E-state index contributed by atoms with van der Waals surface area (Å²) in [6.07, 6.45) is 9.55. The Morgan fingerprint density at radius 2 is 2.11 bits per heavy atom. The zero-order valence-corrected chi connectivity index (χ0v) is 16.4. The Labute approximate surface area is 168 Å². The van der Waals surface area contributed by atoms with E-state index in [1.54, 1.807) is 6.20 Å². The van der Waals surface area contributed by atoms with Gasteiger partial charge in [0.1, 0.15) is 0 Å². The van der Waals surface area contributed by atoms with Crippen LogP contribution in [0.1, 0.15) is 48.5 Å². The van der Waals surface area contributed by atoms with E-state index in [-0.39, 0.29) is 17.8 Å². The van der Waals surface area contributed by atoms with Gasteiger partial charge in [-0.25, -0.2) is 14.4 Å². The summed E-state index contributed by atoms with van der Waals surface area (Å²) in [5.41, 5.74) is 2.96. The van der Waals surface area contributed by atoms with Crippen LogP contribution < -0.4 is 0 Å². The van der Waals surface area contributed by atoms with Crippen LogP contribution in [-0.2, 0) is 22.4 Å². The number of ether oxygens (including phenoxy) is 1. The molecule has 0 saturated heterocycles. The van der Waals surface area contributed by atoms with Crippen molar-refractivity contribution < 1.29 is 13.9 Å². The lowest BCUT2D eigenvalue weighted by Gasteiger charge is -2.29. The van der Waals surface area contributed by atoms with Crippen molar-refractivity contribution in [3.63, 3.8) is 0 Å². The van der Waals surface area contributed by atoms with Gasteiger partial charge in [0.2, 0.25) is 0 Å². The summed E-state index contributed by atoms with van der Waals surface area (Å²) >= 11 is 6.09. The fourth-order valence-corrected chi connectivity index (χ4v) is 4.38.